The molecule has 1 aromatic carbocycles. The van der Waals surface area contributed by atoms with Crippen molar-refractivity contribution in [1.29, 1.82) is 0 Å². The molecular formula is C14H17ClN2OS. The van der Waals surface area contributed by atoms with Crippen LogP contribution in [0.1, 0.15) is 10.9 Å². The van der Waals surface area contributed by atoms with E-state index >= 15 is 0 Å². The number of methoxy groups -OCH3 is 1. The second-order valence-electron chi connectivity index (χ2n) is 4.21. The Morgan fingerprint density at radius 2 is 2.16 bits per heavy atom. The van der Waals surface area contributed by atoms with Gasteiger partial charge in [0.1, 0.15) is 5.75 Å². The van der Waals surface area contributed by atoms with E-state index in [1.807, 2.05) is 43.4 Å². The Bertz CT molecular complexity index is 544. The van der Waals surface area contributed by atoms with E-state index in [4.69, 9.17) is 22.1 Å². The molecule has 102 valence electrons. The Morgan fingerprint density at radius 1 is 1.37 bits per heavy atom. The summed E-state index contributed by atoms with van der Waals surface area (Å²) >= 11 is 7.56. The summed E-state index contributed by atoms with van der Waals surface area (Å²) in [7, 11) is 3.69. The van der Waals surface area contributed by atoms with Gasteiger partial charge in [-0.1, -0.05) is 17.7 Å². The molecule has 1 aromatic heterocycles. The van der Waals surface area contributed by atoms with Crippen molar-refractivity contribution in [2.75, 3.05) is 25.6 Å². The van der Waals surface area contributed by atoms with Crippen LogP contribution in [0.3, 0.4) is 0 Å². The van der Waals surface area contributed by atoms with Gasteiger partial charge in [0.05, 0.1) is 17.5 Å². The third-order valence-corrected chi connectivity index (χ3v) is 4.41. The summed E-state index contributed by atoms with van der Waals surface area (Å²) in [5.41, 5.74) is 6.98. The second-order valence-corrected chi connectivity index (χ2v) is 5.95. The maximum atomic E-state index is 6.00. The zero-order valence-corrected chi connectivity index (χ0v) is 12.5. The number of rotatable bonds is 5. The fraction of sp³-hybridized carbons (Fsp3) is 0.286. The Balaban J connectivity index is 2.27. The number of nitrogens with zero attached hydrogens (tertiary/aromatic N) is 1. The van der Waals surface area contributed by atoms with Gasteiger partial charge in [-0.05, 0) is 24.3 Å². The van der Waals surface area contributed by atoms with Crippen molar-refractivity contribution in [1.82, 2.24) is 0 Å². The molecule has 0 aliphatic carbocycles. The monoisotopic (exact) mass is 296 g/mol. The minimum absolute atomic E-state index is 0.115. The molecule has 1 unspecified atom stereocenters. The molecule has 1 heterocycles. The predicted molar refractivity (Wildman–Crippen MR) is 82.5 cm³/mol. The van der Waals surface area contributed by atoms with Gasteiger partial charge < -0.3 is 15.4 Å². The number of nitrogens with two attached hydrogens (primary N) is 1. The predicted octanol–water partition coefficient (Wildman–Crippen LogP) is 3.55. The molecule has 0 spiro atoms. The van der Waals surface area contributed by atoms with Gasteiger partial charge in [0, 0.05) is 30.2 Å². The van der Waals surface area contributed by atoms with E-state index in [0.717, 1.165) is 20.7 Å². The van der Waals surface area contributed by atoms with Gasteiger partial charge in [0.15, 0.2) is 0 Å². The van der Waals surface area contributed by atoms with E-state index in [2.05, 4.69) is 4.90 Å². The van der Waals surface area contributed by atoms with E-state index in [-0.39, 0.29) is 6.04 Å². The fourth-order valence-corrected chi connectivity index (χ4v) is 3.20. The lowest BCUT2D eigenvalue weighted by Gasteiger charge is -2.28. The SMILES string of the molecule is COc1cccc(N(C)C(CN)c2ccc(Cl)s2)c1. The third-order valence-electron chi connectivity index (χ3n) is 3.07. The van der Waals surface area contributed by atoms with Gasteiger partial charge in [0.25, 0.3) is 0 Å². The van der Waals surface area contributed by atoms with E-state index in [0.29, 0.717) is 6.54 Å². The van der Waals surface area contributed by atoms with Crippen LogP contribution in [-0.4, -0.2) is 20.7 Å². The first kappa shape index (κ1) is 14.2. The molecule has 0 aliphatic rings. The van der Waals surface area contributed by atoms with Crippen molar-refractivity contribution in [3.63, 3.8) is 0 Å². The molecule has 0 amide bonds. The highest BCUT2D eigenvalue weighted by molar-refractivity contribution is 7.16. The first-order valence-corrected chi connectivity index (χ1v) is 7.17. The lowest BCUT2D eigenvalue weighted by atomic mass is 10.2. The van der Waals surface area contributed by atoms with Crippen molar-refractivity contribution in [2.24, 2.45) is 5.73 Å². The van der Waals surface area contributed by atoms with E-state index in [1.54, 1.807) is 18.4 Å². The van der Waals surface area contributed by atoms with Gasteiger partial charge in [-0.2, -0.15) is 0 Å². The first-order chi connectivity index (χ1) is 9.15. The molecule has 19 heavy (non-hydrogen) atoms. The number of thiophene rings is 1. The molecule has 0 saturated heterocycles. The van der Waals surface area contributed by atoms with Gasteiger partial charge >= 0.3 is 0 Å². The molecular weight excluding hydrogens is 280 g/mol. The number of anilines is 1. The molecule has 0 aliphatic heterocycles. The van der Waals surface area contributed by atoms with Crippen LogP contribution in [0.5, 0.6) is 5.75 Å². The molecule has 3 nitrogen and oxygen atoms in total. The lowest BCUT2D eigenvalue weighted by Crippen LogP contribution is -2.29. The largest absolute Gasteiger partial charge is 0.497 e. The summed E-state index contributed by atoms with van der Waals surface area (Å²) in [4.78, 5) is 3.31. The van der Waals surface area contributed by atoms with Gasteiger partial charge in [-0.3, -0.25) is 0 Å². The van der Waals surface area contributed by atoms with Crippen LogP contribution in [0.4, 0.5) is 5.69 Å². The molecule has 2 aromatic rings. The van der Waals surface area contributed by atoms with Crippen molar-refractivity contribution in [3.05, 3.63) is 45.6 Å². The number of ether oxygens (including phenoxy) is 1. The quantitative estimate of drug-likeness (QED) is 0.917. The van der Waals surface area contributed by atoms with Crippen LogP contribution in [0, 0.1) is 0 Å². The number of hydrogen-bond donors (Lipinski definition) is 1. The fourth-order valence-electron chi connectivity index (χ4n) is 1.98. The second kappa shape index (κ2) is 6.28. The molecule has 5 heteroatoms. The molecule has 0 bridgehead atoms. The number of likely N-dealkylation sites (N-methyl/N-ethyl adjacent to an activating group) is 1. The summed E-state index contributed by atoms with van der Waals surface area (Å²) in [6, 6.07) is 12.0. The smallest absolute Gasteiger partial charge is 0.120 e. The van der Waals surface area contributed by atoms with Crippen LogP contribution >= 0.6 is 22.9 Å². The maximum Gasteiger partial charge on any atom is 0.120 e. The maximum absolute atomic E-state index is 6.00. The molecule has 2 N–H and O–H groups in total. The molecule has 0 fully saturated rings. The average molecular weight is 297 g/mol. The van der Waals surface area contributed by atoms with Gasteiger partial charge in [0.2, 0.25) is 0 Å². The van der Waals surface area contributed by atoms with E-state index in [1.165, 1.54) is 0 Å². The van der Waals surface area contributed by atoms with Crippen molar-refractivity contribution < 1.29 is 4.74 Å². The van der Waals surface area contributed by atoms with Crippen molar-refractivity contribution in [2.45, 2.75) is 6.04 Å². The zero-order chi connectivity index (χ0) is 13.8. The Morgan fingerprint density at radius 3 is 2.74 bits per heavy atom. The Hall–Kier alpha value is -1.23. The van der Waals surface area contributed by atoms with Gasteiger partial charge in [-0.15, -0.1) is 11.3 Å². The molecule has 0 radical (unpaired) electrons. The van der Waals surface area contributed by atoms with Crippen LogP contribution in [0.25, 0.3) is 0 Å². The highest BCUT2D eigenvalue weighted by Gasteiger charge is 2.18. The number of benzene rings is 1. The normalized spacial score (nSPS) is 12.2. The Labute approximate surface area is 122 Å². The average Bonchev–Trinajstić information content (AvgIpc) is 2.86. The summed E-state index contributed by atoms with van der Waals surface area (Å²) in [5, 5.41) is 0. The van der Waals surface area contributed by atoms with Crippen LogP contribution in [0.2, 0.25) is 4.34 Å². The Kier molecular flexibility index (Phi) is 4.69. The molecule has 2 rings (SSSR count). The third kappa shape index (κ3) is 3.21. The summed E-state index contributed by atoms with van der Waals surface area (Å²) in [6.45, 7) is 0.532. The van der Waals surface area contributed by atoms with E-state index < -0.39 is 0 Å². The van der Waals surface area contributed by atoms with E-state index in [9.17, 15) is 0 Å². The van der Waals surface area contributed by atoms with Crippen LogP contribution < -0.4 is 15.4 Å². The van der Waals surface area contributed by atoms with Gasteiger partial charge in [-0.25, -0.2) is 0 Å². The summed E-state index contributed by atoms with van der Waals surface area (Å²) in [5.74, 6) is 0.837. The van der Waals surface area contributed by atoms with Crippen molar-refractivity contribution in [3.8, 4) is 5.75 Å². The zero-order valence-electron chi connectivity index (χ0n) is 11.0. The number of halogens is 1. The highest BCUT2D eigenvalue weighted by Crippen LogP contribution is 2.32. The molecule has 1 atom stereocenters. The summed E-state index contributed by atoms with van der Waals surface area (Å²) < 4.78 is 6.04. The summed E-state index contributed by atoms with van der Waals surface area (Å²) in [6.07, 6.45) is 0. The number of hydrogen-bond acceptors (Lipinski definition) is 4. The minimum atomic E-state index is 0.115. The topological polar surface area (TPSA) is 38.5 Å². The highest BCUT2D eigenvalue weighted by atomic mass is 35.5. The molecule has 0 saturated carbocycles. The standard InChI is InChI=1S/C14H17ClN2OS/c1-17(10-4-3-5-11(8-10)18-2)12(9-16)13-6-7-14(15)19-13/h3-8,12H,9,16H2,1-2H3. The van der Waals surface area contributed by atoms with Crippen LogP contribution in [-0.2, 0) is 0 Å². The first-order valence-electron chi connectivity index (χ1n) is 5.98. The van der Waals surface area contributed by atoms with Crippen molar-refractivity contribution >= 4 is 28.6 Å². The minimum Gasteiger partial charge on any atom is -0.497 e. The lowest BCUT2D eigenvalue weighted by molar-refractivity contribution is 0.414. The van der Waals surface area contributed by atoms with Crippen LogP contribution in [0.15, 0.2) is 36.4 Å².